The van der Waals surface area contributed by atoms with Crippen molar-refractivity contribution in [1.29, 1.82) is 0 Å². The lowest BCUT2D eigenvalue weighted by atomic mass is 9.94. The maximum Gasteiger partial charge on any atom is 0.0815 e. The number of aliphatic hydroxyl groups is 1. The largest absolute Gasteiger partial charge is 0.388 e. The van der Waals surface area contributed by atoms with Crippen LogP contribution < -0.4 is 5.32 Å². The predicted molar refractivity (Wildman–Crippen MR) is 71.2 cm³/mol. The van der Waals surface area contributed by atoms with Crippen LogP contribution in [-0.2, 0) is 4.74 Å². The quantitative estimate of drug-likeness (QED) is 0.721. The molecule has 1 saturated heterocycles. The molecule has 0 aromatic heterocycles. The van der Waals surface area contributed by atoms with Crippen LogP contribution in [-0.4, -0.2) is 36.5 Å². The van der Waals surface area contributed by atoms with Gasteiger partial charge in [0.05, 0.1) is 5.60 Å². The van der Waals surface area contributed by atoms with Crippen LogP contribution in [0.1, 0.15) is 52.9 Å². The molecule has 1 aliphatic heterocycles. The summed E-state index contributed by atoms with van der Waals surface area (Å²) in [5.74, 6) is 0.793. The van der Waals surface area contributed by atoms with Crippen molar-refractivity contribution in [2.75, 3.05) is 19.8 Å². The average Bonchev–Trinajstić information content (AvgIpc) is 2.27. The Hall–Kier alpha value is -0.120. The molecule has 0 radical (unpaired) electrons. The molecule has 0 spiro atoms. The fraction of sp³-hybridized carbons (Fsp3) is 1.00. The van der Waals surface area contributed by atoms with Gasteiger partial charge in [0, 0.05) is 38.6 Å². The van der Waals surface area contributed by atoms with Gasteiger partial charge in [-0.15, -0.1) is 0 Å². The first-order valence-corrected chi connectivity index (χ1v) is 7.05. The standard InChI is InChI=1S/C14H29NO2/c1-12(2)5-4-6-13(3)15-11-14(16)7-9-17-10-8-14/h12-13,15-16H,4-11H2,1-3H3. The van der Waals surface area contributed by atoms with Crippen LogP contribution in [0.4, 0.5) is 0 Å². The van der Waals surface area contributed by atoms with E-state index in [2.05, 4.69) is 26.1 Å². The van der Waals surface area contributed by atoms with Crippen LogP contribution in [0.25, 0.3) is 0 Å². The van der Waals surface area contributed by atoms with E-state index in [0.29, 0.717) is 25.8 Å². The zero-order chi connectivity index (χ0) is 12.7. The highest BCUT2D eigenvalue weighted by atomic mass is 16.5. The van der Waals surface area contributed by atoms with E-state index in [0.717, 1.165) is 18.8 Å². The Morgan fingerprint density at radius 1 is 1.18 bits per heavy atom. The second kappa shape index (κ2) is 7.34. The van der Waals surface area contributed by atoms with Gasteiger partial charge in [-0.2, -0.15) is 0 Å². The molecule has 1 rings (SSSR count). The van der Waals surface area contributed by atoms with Crippen LogP contribution in [0.2, 0.25) is 0 Å². The fourth-order valence-electron chi connectivity index (χ4n) is 2.23. The maximum absolute atomic E-state index is 10.3. The third-order valence-corrected chi connectivity index (χ3v) is 3.62. The monoisotopic (exact) mass is 243 g/mol. The van der Waals surface area contributed by atoms with Crippen molar-refractivity contribution in [1.82, 2.24) is 5.32 Å². The lowest BCUT2D eigenvalue weighted by Gasteiger charge is -2.33. The molecule has 0 aromatic rings. The van der Waals surface area contributed by atoms with Crippen molar-refractivity contribution in [3.05, 3.63) is 0 Å². The van der Waals surface area contributed by atoms with Crippen molar-refractivity contribution in [3.8, 4) is 0 Å². The number of rotatable bonds is 7. The van der Waals surface area contributed by atoms with Gasteiger partial charge < -0.3 is 15.2 Å². The van der Waals surface area contributed by atoms with Gasteiger partial charge >= 0.3 is 0 Å². The maximum atomic E-state index is 10.3. The van der Waals surface area contributed by atoms with E-state index < -0.39 is 5.60 Å². The van der Waals surface area contributed by atoms with E-state index in [9.17, 15) is 5.11 Å². The highest BCUT2D eigenvalue weighted by Crippen LogP contribution is 2.19. The van der Waals surface area contributed by atoms with Gasteiger partial charge in [0.25, 0.3) is 0 Å². The zero-order valence-corrected chi connectivity index (χ0v) is 11.7. The smallest absolute Gasteiger partial charge is 0.0815 e. The van der Waals surface area contributed by atoms with Crippen molar-refractivity contribution in [2.45, 2.75) is 64.5 Å². The fourth-order valence-corrected chi connectivity index (χ4v) is 2.23. The minimum atomic E-state index is -0.537. The average molecular weight is 243 g/mol. The molecule has 2 N–H and O–H groups in total. The van der Waals surface area contributed by atoms with Gasteiger partial charge in [-0.3, -0.25) is 0 Å². The van der Waals surface area contributed by atoms with E-state index >= 15 is 0 Å². The molecule has 0 bridgehead atoms. The minimum Gasteiger partial charge on any atom is -0.388 e. The van der Waals surface area contributed by atoms with Gasteiger partial charge in [-0.1, -0.05) is 26.7 Å². The van der Waals surface area contributed by atoms with Crippen LogP contribution >= 0.6 is 0 Å². The molecule has 0 aliphatic carbocycles. The molecular weight excluding hydrogens is 214 g/mol. The topological polar surface area (TPSA) is 41.5 Å². The first-order valence-electron chi connectivity index (χ1n) is 7.05. The highest BCUT2D eigenvalue weighted by Gasteiger charge is 2.29. The molecule has 1 unspecified atom stereocenters. The molecule has 17 heavy (non-hydrogen) atoms. The van der Waals surface area contributed by atoms with E-state index in [1.165, 1.54) is 19.3 Å². The van der Waals surface area contributed by atoms with Crippen LogP contribution in [0.5, 0.6) is 0 Å². The molecule has 1 fully saturated rings. The van der Waals surface area contributed by atoms with E-state index in [1.807, 2.05) is 0 Å². The third-order valence-electron chi connectivity index (χ3n) is 3.62. The lowest BCUT2D eigenvalue weighted by molar-refractivity contribution is -0.0626. The van der Waals surface area contributed by atoms with E-state index in [4.69, 9.17) is 4.74 Å². The Kier molecular flexibility index (Phi) is 6.45. The molecule has 102 valence electrons. The van der Waals surface area contributed by atoms with Crippen molar-refractivity contribution in [3.63, 3.8) is 0 Å². The third kappa shape index (κ3) is 6.39. The number of hydrogen-bond acceptors (Lipinski definition) is 3. The second-order valence-electron chi connectivity index (χ2n) is 5.94. The number of ether oxygens (including phenoxy) is 1. The normalized spacial score (nSPS) is 21.7. The predicted octanol–water partition coefficient (Wildman–Crippen LogP) is 2.33. The molecule has 1 atom stereocenters. The van der Waals surface area contributed by atoms with Gasteiger partial charge in [-0.05, 0) is 19.3 Å². The molecule has 0 aromatic carbocycles. The molecule has 0 amide bonds. The molecule has 3 heteroatoms. The lowest BCUT2D eigenvalue weighted by Crippen LogP contribution is -2.47. The van der Waals surface area contributed by atoms with E-state index in [-0.39, 0.29) is 0 Å². The summed E-state index contributed by atoms with van der Waals surface area (Å²) >= 11 is 0. The Labute approximate surface area is 106 Å². The number of hydrogen-bond donors (Lipinski definition) is 2. The number of nitrogens with one attached hydrogen (secondary N) is 1. The first-order chi connectivity index (χ1) is 8.02. The Morgan fingerprint density at radius 3 is 2.41 bits per heavy atom. The van der Waals surface area contributed by atoms with Crippen molar-refractivity contribution in [2.24, 2.45) is 5.92 Å². The summed E-state index contributed by atoms with van der Waals surface area (Å²) < 4.78 is 5.28. The SMILES string of the molecule is CC(C)CCCC(C)NCC1(O)CCOCC1. The van der Waals surface area contributed by atoms with Crippen molar-refractivity contribution >= 4 is 0 Å². The van der Waals surface area contributed by atoms with Crippen LogP contribution in [0.15, 0.2) is 0 Å². The molecule has 1 aliphatic rings. The van der Waals surface area contributed by atoms with Crippen molar-refractivity contribution < 1.29 is 9.84 Å². The van der Waals surface area contributed by atoms with Gasteiger partial charge in [0.2, 0.25) is 0 Å². The second-order valence-corrected chi connectivity index (χ2v) is 5.94. The zero-order valence-electron chi connectivity index (χ0n) is 11.7. The minimum absolute atomic E-state index is 0.501. The summed E-state index contributed by atoms with van der Waals surface area (Å²) in [7, 11) is 0. The Morgan fingerprint density at radius 2 is 1.82 bits per heavy atom. The van der Waals surface area contributed by atoms with E-state index in [1.54, 1.807) is 0 Å². The van der Waals surface area contributed by atoms with Crippen LogP contribution in [0, 0.1) is 5.92 Å². The first kappa shape index (κ1) is 14.9. The van der Waals surface area contributed by atoms with Crippen LogP contribution in [0.3, 0.4) is 0 Å². The Balaban J connectivity index is 2.11. The molecule has 3 nitrogen and oxygen atoms in total. The summed E-state index contributed by atoms with van der Waals surface area (Å²) in [6.45, 7) is 8.84. The highest BCUT2D eigenvalue weighted by molar-refractivity contribution is 4.84. The summed E-state index contributed by atoms with van der Waals surface area (Å²) in [5, 5.41) is 13.8. The molecular formula is C14H29NO2. The summed E-state index contributed by atoms with van der Waals surface area (Å²) in [5.41, 5.74) is -0.537. The summed E-state index contributed by atoms with van der Waals surface area (Å²) in [6.07, 6.45) is 5.29. The summed E-state index contributed by atoms with van der Waals surface area (Å²) in [4.78, 5) is 0. The summed E-state index contributed by atoms with van der Waals surface area (Å²) in [6, 6.07) is 0.501. The van der Waals surface area contributed by atoms with Gasteiger partial charge in [0.15, 0.2) is 0 Å². The van der Waals surface area contributed by atoms with Gasteiger partial charge in [-0.25, -0.2) is 0 Å². The van der Waals surface area contributed by atoms with Gasteiger partial charge in [0.1, 0.15) is 0 Å². The Bertz CT molecular complexity index is 200. The molecule has 1 heterocycles. The molecule has 0 saturated carbocycles.